The van der Waals surface area contributed by atoms with E-state index >= 15 is 0 Å². The Balaban J connectivity index is 1.52. The van der Waals surface area contributed by atoms with E-state index in [1.54, 1.807) is 0 Å². The second-order valence-electron chi connectivity index (χ2n) is 5.07. The molecule has 1 heterocycles. The number of hydrogen-bond donors (Lipinski definition) is 2. The molecule has 0 amide bonds. The van der Waals surface area contributed by atoms with E-state index in [-0.39, 0.29) is 0 Å². The average molecular weight is 216 g/mol. The van der Waals surface area contributed by atoms with Crippen molar-refractivity contribution in [2.24, 2.45) is 0 Å². The van der Waals surface area contributed by atoms with Gasteiger partial charge < -0.3 is 10.6 Å². The van der Waals surface area contributed by atoms with Gasteiger partial charge in [0.2, 0.25) is 0 Å². The molecule has 0 radical (unpaired) electrons. The Morgan fingerprint density at radius 3 is 2.81 bits per heavy atom. The zero-order valence-corrected chi connectivity index (χ0v) is 9.65. The molecule has 0 aromatic heterocycles. The van der Waals surface area contributed by atoms with Gasteiger partial charge in [-0.3, -0.25) is 0 Å². The highest BCUT2D eigenvalue weighted by atomic mass is 15.1. The number of nitrogens with one attached hydrogen (secondary N) is 2. The predicted octanol–water partition coefficient (Wildman–Crippen LogP) is 1.88. The molecule has 3 rings (SSSR count). The molecular formula is C14H20N2. The lowest BCUT2D eigenvalue weighted by Crippen LogP contribution is -2.44. The molecule has 2 nitrogen and oxygen atoms in total. The summed E-state index contributed by atoms with van der Waals surface area (Å²) in [4.78, 5) is 0. The highest BCUT2D eigenvalue weighted by Gasteiger charge is 2.39. The molecule has 1 saturated carbocycles. The third-order valence-electron chi connectivity index (χ3n) is 3.76. The van der Waals surface area contributed by atoms with Crippen LogP contribution in [0.2, 0.25) is 0 Å². The van der Waals surface area contributed by atoms with E-state index in [0.29, 0.717) is 6.04 Å². The smallest absolute Gasteiger partial charge is 0.0195 e. The molecular weight excluding hydrogens is 196 g/mol. The SMILES string of the molecule is c1ccc(C2CC2NC2CCCNC2)cc1. The monoisotopic (exact) mass is 216 g/mol. The summed E-state index contributed by atoms with van der Waals surface area (Å²) in [5.74, 6) is 0.767. The Morgan fingerprint density at radius 2 is 2.06 bits per heavy atom. The molecule has 2 aliphatic rings. The van der Waals surface area contributed by atoms with Crippen LogP contribution < -0.4 is 10.6 Å². The Morgan fingerprint density at radius 1 is 1.19 bits per heavy atom. The number of benzene rings is 1. The van der Waals surface area contributed by atoms with Gasteiger partial charge in [-0.1, -0.05) is 30.3 Å². The molecule has 2 N–H and O–H groups in total. The maximum atomic E-state index is 3.78. The number of hydrogen-bond acceptors (Lipinski definition) is 2. The lowest BCUT2D eigenvalue weighted by molar-refractivity contribution is 0.386. The van der Waals surface area contributed by atoms with Crippen LogP contribution in [0, 0.1) is 0 Å². The second-order valence-corrected chi connectivity index (χ2v) is 5.07. The average Bonchev–Trinajstić information content (AvgIpc) is 3.11. The van der Waals surface area contributed by atoms with Crippen LogP contribution in [0.1, 0.15) is 30.7 Å². The summed E-state index contributed by atoms with van der Waals surface area (Å²) in [6.45, 7) is 2.35. The second kappa shape index (κ2) is 4.56. The van der Waals surface area contributed by atoms with E-state index in [1.165, 1.54) is 31.4 Å². The van der Waals surface area contributed by atoms with Gasteiger partial charge in [0.05, 0.1) is 0 Å². The van der Waals surface area contributed by atoms with Gasteiger partial charge in [-0.25, -0.2) is 0 Å². The van der Waals surface area contributed by atoms with Gasteiger partial charge in [0.1, 0.15) is 0 Å². The Hall–Kier alpha value is -0.860. The van der Waals surface area contributed by atoms with Crippen LogP contribution in [0.5, 0.6) is 0 Å². The molecule has 2 fully saturated rings. The van der Waals surface area contributed by atoms with Crippen LogP contribution in [-0.2, 0) is 0 Å². The minimum absolute atomic E-state index is 0.701. The molecule has 0 bridgehead atoms. The van der Waals surface area contributed by atoms with Gasteiger partial charge >= 0.3 is 0 Å². The fourth-order valence-electron chi connectivity index (χ4n) is 2.74. The molecule has 1 aliphatic carbocycles. The molecule has 1 aromatic carbocycles. The summed E-state index contributed by atoms with van der Waals surface area (Å²) in [7, 11) is 0. The third-order valence-corrected chi connectivity index (χ3v) is 3.76. The van der Waals surface area contributed by atoms with Gasteiger partial charge in [0.15, 0.2) is 0 Å². The van der Waals surface area contributed by atoms with Crippen LogP contribution in [0.15, 0.2) is 30.3 Å². The van der Waals surface area contributed by atoms with E-state index < -0.39 is 0 Å². The first-order valence-electron chi connectivity index (χ1n) is 6.45. The fourth-order valence-corrected chi connectivity index (χ4v) is 2.74. The summed E-state index contributed by atoms with van der Waals surface area (Å²) in [5.41, 5.74) is 1.50. The van der Waals surface area contributed by atoms with Gasteiger partial charge in [0.25, 0.3) is 0 Å². The predicted molar refractivity (Wildman–Crippen MR) is 66.6 cm³/mol. The van der Waals surface area contributed by atoms with Gasteiger partial charge in [-0.15, -0.1) is 0 Å². The molecule has 1 aromatic rings. The van der Waals surface area contributed by atoms with E-state index in [1.807, 2.05) is 0 Å². The summed E-state index contributed by atoms with van der Waals surface area (Å²) in [6, 6.07) is 12.3. The topological polar surface area (TPSA) is 24.1 Å². The van der Waals surface area contributed by atoms with E-state index in [0.717, 1.165) is 18.5 Å². The normalized spacial score (nSPS) is 33.6. The quantitative estimate of drug-likeness (QED) is 0.806. The van der Waals surface area contributed by atoms with Crippen molar-refractivity contribution in [2.75, 3.05) is 13.1 Å². The highest BCUT2D eigenvalue weighted by Crippen LogP contribution is 2.41. The lowest BCUT2D eigenvalue weighted by atomic mass is 10.1. The van der Waals surface area contributed by atoms with Crippen LogP contribution in [0.4, 0.5) is 0 Å². The molecule has 1 saturated heterocycles. The van der Waals surface area contributed by atoms with Crippen molar-refractivity contribution in [3.05, 3.63) is 35.9 Å². The summed E-state index contributed by atoms with van der Waals surface area (Å²) in [6.07, 6.45) is 3.98. The first-order valence-corrected chi connectivity index (χ1v) is 6.45. The Labute approximate surface area is 97.4 Å². The maximum absolute atomic E-state index is 3.78. The minimum Gasteiger partial charge on any atom is -0.315 e. The number of piperidine rings is 1. The first-order chi connectivity index (χ1) is 7.93. The molecule has 3 atom stereocenters. The van der Waals surface area contributed by atoms with Crippen molar-refractivity contribution < 1.29 is 0 Å². The Kier molecular flexibility index (Phi) is 2.94. The van der Waals surface area contributed by atoms with Gasteiger partial charge in [0, 0.05) is 24.5 Å². The standard InChI is InChI=1S/C14H20N2/c1-2-5-11(6-3-1)13-9-14(13)16-12-7-4-8-15-10-12/h1-3,5-6,12-16H,4,7-10H2. The van der Waals surface area contributed by atoms with Crippen LogP contribution in [-0.4, -0.2) is 25.2 Å². The molecule has 2 heteroatoms. The van der Waals surface area contributed by atoms with Crippen molar-refractivity contribution in [2.45, 2.75) is 37.3 Å². The minimum atomic E-state index is 0.701. The largest absolute Gasteiger partial charge is 0.315 e. The van der Waals surface area contributed by atoms with Crippen molar-refractivity contribution >= 4 is 0 Å². The summed E-state index contributed by atoms with van der Waals surface area (Å²) >= 11 is 0. The van der Waals surface area contributed by atoms with Crippen molar-refractivity contribution in [1.82, 2.24) is 10.6 Å². The van der Waals surface area contributed by atoms with Gasteiger partial charge in [-0.05, 0) is 31.4 Å². The van der Waals surface area contributed by atoms with Crippen molar-refractivity contribution in [1.29, 1.82) is 0 Å². The van der Waals surface area contributed by atoms with Crippen LogP contribution >= 0.6 is 0 Å². The summed E-state index contributed by atoms with van der Waals surface area (Å²) in [5, 5.41) is 7.24. The molecule has 3 unspecified atom stereocenters. The molecule has 16 heavy (non-hydrogen) atoms. The zero-order valence-electron chi connectivity index (χ0n) is 9.65. The van der Waals surface area contributed by atoms with Crippen molar-refractivity contribution in [3.8, 4) is 0 Å². The van der Waals surface area contributed by atoms with E-state index in [4.69, 9.17) is 0 Å². The maximum Gasteiger partial charge on any atom is 0.0195 e. The fraction of sp³-hybridized carbons (Fsp3) is 0.571. The zero-order chi connectivity index (χ0) is 10.8. The van der Waals surface area contributed by atoms with Crippen molar-refractivity contribution in [3.63, 3.8) is 0 Å². The first kappa shape index (κ1) is 10.3. The molecule has 0 spiro atoms. The van der Waals surface area contributed by atoms with Crippen LogP contribution in [0.3, 0.4) is 0 Å². The highest BCUT2D eigenvalue weighted by molar-refractivity contribution is 5.27. The van der Waals surface area contributed by atoms with Gasteiger partial charge in [-0.2, -0.15) is 0 Å². The molecule has 86 valence electrons. The van der Waals surface area contributed by atoms with Crippen LogP contribution in [0.25, 0.3) is 0 Å². The Bertz CT molecular complexity index is 330. The molecule has 1 aliphatic heterocycles. The third kappa shape index (κ3) is 2.28. The summed E-state index contributed by atoms with van der Waals surface area (Å²) < 4.78 is 0. The van der Waals surface area contributed by atoms with E-state index in [9.17, 15) is 0 Å². The number of rotatable bonds is 3. The van der Waals surface area contributed by atoms with E-state index in [2.05, 4.69) is 41.0 Å². The lowest BCUT2D eigenvalue weighted by Gasteiger charge is -2.24.